The van der Waals surface area contributed by atoms with Crippen molar-refractivity contribution in [2.24, 2.45) is 0 Å². The van der Waals surface area contributed by atoms with Gasteiger partial charge in [0.1, 0.15) is 5.82 Å². The van der Waals surface area contributed by atoms with Crippen molar-refractivity contribution in [2.45, 2.75) is 18.9 Å². The Morgan fingerprint density at radius 1 is 1.29 bits per heavy atom. The number of methoxy groups -OCH3 is 1. The molecular formula is C16H19BrFN3O2S. The summed E-state index contributed by atoms with van der Waals surface area (Å²) in [6.45, 7) is 2.99. The normalized spacial score (nSPS) is 15.9. The van der Waals surface area contributed by atoms with Crippen LogP contribution in [0, 0.1) is 5.82 Å². The van der Waals surface area contributed by atoms with Gasteiger partial charge in [-0.3, -0.25) is 0 Å². The number of benzene rings is 1. The molecule has 0 atom stereocenters. The number of hydrogen-bond donors (Lipinski definition) is 0. The monoisotopic (exact) mass is 415 g/mol. The van der Waals surface area contributed by atoms with Gasteiger partial charge in [0, 0.05) is 30.2 Å². The summed E-state index contributed by atoms with van der Waals surface area (Å²) in [7, 11) is 1.67. The van der Waals surface area contributed by atoms with E-state index in [0.29, 0.717) is 23.8 Å². The quantitative estimate of drug-likeness (QED) is 0.672. The van der Waals surface area contributed by atoms with E-state index in [-0.39, 0.29) is 11.9 Å². The zero-order valence-corrected chi connectivity index (χ0v) is 15.8. The maximum atomic E-state index is 14.0. The van der Waals surface area contributed by atoms with E-state index >= 15 is 0 Å². The smallest absolute Gasteiger partial charge is 0.208 e. The summed E-state index contributed by atoms with van der Waals surface area (Å²) in [4.78, 5) is 2.19. The summed E-state index contributed by atoms with van der Waals surface area (Å²) in [5.41, 5.74) is 0.478. The molecule has 0 aliphatic carbocycles. The molecule has 0 N–H and O–H groups in total. The molecule has 8 heteroatoms. The lowest BCUT2D eigenvalue weighted by atomic mass is 10.1. The minimum atomic E-state index is -0.286. The maximum absolute atomic E-state index is 14.0. The highest BCUT2D eigenvalue weighted by Gasteiger charge is 2.23. The highest BCUT2D eigenvalue weighted by molar-refractivity contribution is 9.10. The van der Waals surface area contributed by atoms with Gasteiger partial charge in [0.15, 0.2) is 5.01 Å². The fourth-order valence-corrected chi connectivity index (χ4v) is 3.90. The van der Waals surface area contributed by atoms with Gasteiger partial charge in [-0.15, -0.1) is 10.2 Å². The summed E-state index contributed by atoms with van der Waals surface area (Å²) in [6.07, 6.45) is 2.17. The van der Waals surface area contributed by atoms with Crippen LogP contribution in [0.2, 0.25) is 0 Å². The number of piperidine rings is 1. The minimum Gasteiger partial charge on any atom is -0.382 e. The van der Waals surface area contributed by atoms with E-state index in [2.05, 4.69) is 31.0 Å². The van der Waals surface area contributed by atoms with E-state index in [1.807, 2.05) is 0 Å². The standard InChI is InChI=1S/C16H19BrFN3O2S/c1-22-8-9-23-12-4-6-21(7-5-12)16-20-19-15(24-16)13-10-11(17)2-3-14(13)18/h2-3,10,12H,4-9H2,1H3. The first kappa shape index (κ1) is 17.7. The van der Waals surface area contributed by atoms with E-state index < -0.39 is 0 Å². The van der Waals surface area contributed by atoms with Gasteiger partial charge in [-0.2, -0.15) is 0 Å². The lowest BCUT2D eigenvalue weighted by Gasteiger charge is -2.31. The third kappa shape index (κ3) is 4.30. The topological polar surface area (TPSA) is 47.5 Å². The molecule has 24 heavy (non-hydrogen) atoms. The Bertz CT molecular complexity index is 677. The molecule has 3 rings (SSSR count). The van der Waals surface area contributed by atoms with E-state index in [4.69, 9.17) is 9.47 Å². The van der Waals surface area contributed by atoms with Crippen LogP contribution in [0.25, 0.3) is 10.6 Å². The molecule has 1 aliphatic heterocycles. The van der Waals surface area contributed by atoms with Gasteiger partial charge in [-0.05, 0) is 31.0 Å². The van der Waals surface area contributed by atoms with Crippen LogP contribution in [0.3, 0.4) is 0 Å². The van der Waals surface area contributed by atoms with Crippen molar-refractivity contribution in [3.05, 3.63) is 28.5 Å². The lowest BCUT2D eigenvalue weighted by molar-refractivity contribution is 0.00609. The predicted molar refractivity (Wildman–Crippen MR) is 96.1 cm³/mol. The molecule has 5 nitrogen and oxygen atoms in total. The summed E-state index contributed by atoms with van der Waals surface area (Å²) < 4.78 is 25.6. The summed E-state index contributed by atoms with van der Waals surface area (Å²) in [5, 5.41) is 9.83. The lowest BCUT2D eigenvalue weighted by Crippen LogP contribution is -2.37. The van der Waals surface area contributed by atoms with Gasteiger partial charge in [0.2, 0.25) is 5.13 Å². The van der Waals surface area contributed by atoms with Gasteiger partial charge in [0.25, 0.3) is 0 Å². The molecular weight excluding hydrogens is 397 g/mol. The van der Waals surface area contributed by atoms with Crippen molar-refractivity contribution in [1.29, 1.82) is 0 Å². The predicted octanol–water partition coefficient (Wildman–Crippen LogP) is 3.74. The van der Waals surface area contributed by atoms with Crippen molar-refractivity contribution in [1.82, 2.24) is 10.2 Å². The highest BCUT2D eigenvalue weighted by Crippen LogP contribution is 2.33. The Morgan fingerprint density at radius 3 is 2.83 bits per heavy atom. The van der Waals surface area contributed by atoms with Crippen LogP contribution in [0.5, 0.6) is 0 Å². The first-order valence-electron chi connectivity index (χ1n) is 7.82. The zero-order valence-electron chi connectivity index (χ0n) is 13.4. The third-order valence-corrected chi connectivity index (χ3v) is 5.44. The number of ether oxygens (including phenoxy) is 2. The number of anilines is 1. The van der Waals surface area contributed by atoms with Crippen LogP contribution in [-0.4, -0.2) is 49.7 Å². The number of rotatable bonds is 6. The second kappa shape index (κ2) is 8.33. The molecule has 2 aromatic rings. The second-order valence-electron chi connectivity index (χ2n) is 5.56. The van der Waals surface area contributed by atoms with Crippen molar-refractivity contribution >= 4 is 32.4 Å². The number of hydrogen-bond acceptors (Lipinski definition) is 6. The van der Waals surface area contributed by atoms with Gasteiger partial charge >= 0.3 is 0 Å². The Labute approximate surface area is 152 Å². The Morgan fingerprint density at radius 2 is 2.08 bits per heavy atom. The van der Waals surface area contributed by atoms with Crippen LogP contribution in [0.1, 0.15) is 12.8 Å². The summed E-state index contributed by atoms with van der Waals surface area (Å²) in [5.74, 6) is -0.286. The molecule has 1 aromatic heterocycles. The average molecular weight is 416 g/mol. The number of aromatic nitrogens is 2. The number of halogens is 2. The average Bonchev–Trinajstić information content (AvgIpc) is 3.08. The fraction of sp³-hybridized carbons (Fsp3) is 0.500. The van der Waals surface area contributed by atoms with Gasteiger partial charge < -0.3 is 14.4 Å². The molecule has 0 unspecified atom stereocenters. The Kier molecular flexibility index (Phi) is 6.15. The number of nitrogens with zero attached hydrogens (tertiary/aromatic N) is 3. The van der Waals surface area contributed by atoms with E-state index in [0.717, 1.165) is 35.5 Å². The molecule has 1 saturated heterocycles. The SMILES string of the molecule is COCCOC1CCN(c2nnc(-c3cc(Br)ccc3F)s2)CC1. The fourth-order valence-electron chi connectivity index (χ4n) is 2.63. The van der Waals surface area contributed by atoms with Crippen LogP contribution in [-0.2, 0) is 9.47 Å². The maximum Gasteiger partial charge on any atom is 0.208 e. The first-order valence-corrected chi connectivity index (χ1v) is 9.42. The molecule has 0 saturated carbocycles. The van der Waals surface area contributed by atoms with Crippen molar-refractivity contribution in [3.8, 4) is 10.6 Å². The molecule has 130 valence electrons. The summed E-state index contributed by atoms with van der Waals surface area (Å²) >= 11 is 4.79. The van der Waals surface area contributed by atoms with Crippen LogP contribution < -0.4 is 4.90 Å². The second-order valence-corrected chi connectivity index (χ2v) is 7.44. The molecule has 0 bridgehead atoms. The molecule has 1 aliphatic rings. The first-order chi connectivity index (χ1) is 11.7. The van der Waals surface area contributed by atoms with Crippen LogP contribution in [0.15, 0.2) is 22.7 Å². The Hall–Kier alpha value is -1.09. The molecule has 0 radical (unpaired) electrons. The van der Waals surface area contributed by atoms with E-state index in [1.54, 1.807) is 19.2 Å². The van der Waals surface area contributed by atoms with Crippen LogP contribution in [0.4, 0.5) is 9.52 Å². The van der Waals surface area contributed by atoms with E-state index in [9.17, 15) is 4.39 Å². The van der Waals surface area contributed by atoms with Gasteiger partial charge in [0.05, 0.1) is 19.3 Å². The minimum absolute atomic E-state index is 0.270. The van der Waals surface area contributed by atoms with Crippen molar-refractivity contribution in [2.75, 3.05) is 38.3 Å². The molecule has 1 fully saturated rings. The van der Waals surface area contributed by atoms with Gasteiger partial charge in [-0.1, -0.05) is 27.3 Å². The van der Waals surface area contributed by atoms with Crippen molar-refractivity contribution in [3.63, 3.8) is 0 Å². The van der Waals surface area contributed by atoms with Crippen LogP contribution >= 0.6 is 27.3 Å². The Balaban J connectivity index is 1.61. The largest absolute Gasteiger partial charge is 0.382 e. The molecule has 1 aromatic carbocycles. The van der Waals surface area contributed by atoms with E-state index in [1.165, 1.54) is 17.4 Å². The molecule has 2 heterocycles. The van der Waals surface area contributed by atoms with Gasteiger partial charge in [-0.25, -0.2) is 4.39 Å². The highest BCUT2D eigenvalue weighted by atomic mass is 79.9. The molecule has 0 amide bonds. The molecule has 0 spiro atoms. The summed E-state index contributed by atoms with van der Waals surface area (Å²) in [6, 6.07) is 4.84. The third-order valence-electron chi connectivity index (χ3n) is 3.93. The zero-order chi connectivity index (χ0) is 16.9. The van der Waals surface area contributed by atoms with Crippen molar-refractivity contribution < 1.29 is 13.9 Å².